The Morgan fingerprint density at radius 3 is 2.25 bits per heavy atom. The molecule has 2 atom stereocenters. The summed E-state index contributed by atoms with van der Waals surface area (Å²) in [6.45, 7) is 8.79. The summed E-state index contributed by atoms with van der Waals surface area (Å²) in [7, 11) is 0. The third kappa shape index (κ3) is 3.76. The molecule has 136 valence electrons. The van der Waals surface area contributed by atoms with Crippen molar-refractivity contribution >= 4 is 11.8 Å². The average Bonchev–Trinajstić information content (AvgIpc) is 3.23. The van der Waals surface area contributed by atoms with Crippen molar-refractivity contribution in [2.24, 2.45) is 5.92 Å². The standard InChI is InChI=1S/C19H33N3O2/c1-3-19(24)22-11-5-7-18(22)17-6-4-10-21(17)14-16-8-12-20(13-9-16)15(2)23/h16-18H,3-14H2,1-2H3/t17-,18+/m0/s1. The highest BCUT2D eigenvalue weighted by molar-refractivity contribution is 5.76. The van der Waals surface area contributed by atoms with Crippen molar-refractivity contribution in [2.45, 2.75) is 70.9 Å². The van der Waals surface area contributed by atoms with Gasteiger partial charge in [-0.1, -0.05) is 6.92 Å². The van der Waals surface area contributed by atoms with Crippen LogP contribution in [0.3, 0.4) is 0 Å². The maximum Gasteiger partial charge on any atom is 0.222 e. The van der Waals surface area contributed by atoms with Crippen LogP contribution in [0.25, 0.3) is 0 Å². The van der Waals surface area contributed by atoms with E-state index in [1.54, 1.807) is 6.92 Å². The Morgan fingerprint density at radius 1 is 0.917 bits per heavy atom. The molecule has 2 amide bonds. The third-order valence-electron chi connectivity index (χ3n) is 6.33. The molecule has 24 heavy (non-hydrogen) atoms. The average molecular weight is 335 g/mol. The van der Waals surface area contributed by atoms with E-state index in [-0.39, 0.29) is 5.91 Å². The first-order chi connectivity index (χ1) is 11.6. The van der Waals surface area contributed by atoms with Crippen LogP contribution in [0.5, 0.6) is 0 Å². The van der Waals surface area contributed by atoms with E-state index in [0.717, 1.165) is 45.4 Å². The molecule has 0 aliphatic carbocycles. The molecule has 3 heterocycles. The van der Waals surface area contributed by atoms with Crippen LogP contribution in [0.2, 0.25) is 0 Å². The molecule has 3 aliphatic rings. The van der Waals surface area contributed by atoms with Gasteiger partial charge in [0.2, 0.25) is 11.8 Å². The van der Waals surface area contributed by atoms with E-state index < -0.39 is 0 Å². The fourth-order valence-corrected chi connectivity index (χ4v) is 4.98. The molecule has 0 N–H and O–H groups in total. The fourth-order valence-electron chi connectivity index (χ4n) is 4.98. The van der Waals surface area contributed by atoms with Crippen molar-refractivity contribution in [1.29, 1.82) is 0 Å². The molecule has 3 aliphatic heterocycles. The summed E-state index contributed by atoms with van der Waals surface area (Å²) < 4.78 is 0. The van der Waals surface area contributed by atoms with Gasteiger partial charge in [0.25, 0.3) is 0 Å². The molecule has 3 fully saturated rings. The van der Waals surface area contributed by atoms with E-state index in [0.29, 0.717) is 30.3 Å². The second kappa shape index (κ2) is 7.85. The Labute approximate surface area is 146 Å². The van der Waals surface area contributed by atoms with Crippen LogP contribution in [0, 0.1) is 5.92 Å². The van der Waals surface area contributed by atoms with E-state index in [2.05, 4.69) is 9.80 Å². The number of hydrogen-bond acceptors (Lipinski definition) is 3. The molecule has 0 spiro atoms. The zero-order valence-electron chi connectivity index (χ0n) is 15.4. The molecule has 3 rings (SSSR count). The van der Waals surface area contributed by atoms with Crippen molar-refractivity contribution in [2.75, 3.05) is 32.7 Å². The van der Waals surface area contributed by atoms with Gasteiger partial charge >= 0.3 is 0 Å². The monoisotopic (exact) mass is 335 g/mol. The lowest BCUT2D eigenvalue weighted by atomic mass is 9.95. The van der Waals surface area contributed by atoms with Gasteiger partial charge in [0.15, 0.2) is 0 Å². The molecule has 0 aromatic rings. The topological polar surface area (TPSA) is 43.9 Å². The summed E-state index contributed by atoms with van der Waals surface area (Å²) in [4.78, 5) is 30.5. The zero-order chi connectivity index (χ0) is 17.1. The third-order valence-corrected chi connectivity index (χ3v) is 6.33. The minimum absolute atomic E-state index is 0.215. The molecule has 5 heteroatoms. The Balaban J connectivity index is 1.56. The second-order valence-electron chi connectivity index (χ2n) is 7.80. The first-order valence-corrected chi connectivity index (χ1v) is 9.89. The molecule has 0 bridgehead atoms. The van der Waals surface area contributed by atoms with Crippen LogP contribution in [0.4, 0.5) is 0 Å². The first kappa shape index (κ1) is 17.7. The molecule has 3 saturated heterocycles. The minimum Gasteiger partial charge on any atom is -0.343 e. The van der Waals surface area contributed by atoms with Crippen LogP contribution in [0.1, 0.15) is 58.8 Å². The lowest BCUT2D eigenvalue weighted by Crippen LogP contribution is -2.50. The molecule has 0 aromatic heterocycles. The molecule has 0 radical (unpaired) electrons. The van der Waals surface area contributed by atoms with E-state index in [1.807, 2.05) is 11.8 Å². The number of hydrogen-bond donors (Lipinski definition) is 0. The van der Waals surface area contributed by atoms with Gasteiger partial charge in [0.1, 0.15) is 0 Å². The van der Waals surface area contributed by atoms with Gasteiger partial charge in [0.05, 0.1) is 0 Å². The predicted molar refractivity (Wildman–Crippen MR) is 94.6 cm³/mol. The number of amides is 2. The highest BCUT2D eigenvalue weighted by Gasteiger charge is 2.39. The van der Waals surface area contributed by atoms with E-state index in [4.69, 9.17) is 0 Å². The second-order valence-corrected chi connectivity index (χ2v) is 7.80. The lowest BCUT2D eigenvalue weighted by molar-refractivity contribution is -0.132. The number of piperidine rings is 1. The van der Waals surface area contributed by atoms with Crippen molar-refractivity contribution in [1.82, 2.24) is 14.7 Å². The molecule has 0 saturated carbocycles. The Hall–Kier alpha value is -1.10. The molecule has 5 nitrogen and oxygen atoms in total. The van der Waals surface area contributed by atoms with Crippen LogP contribution in [0.15, 0.2) is 0 Å². The summed E-state index contributed by atoms with van der Waals surface area (Å²) in [6.07, 6.45) is 7.74. The summed E-state index contributed by atoms with van der Waals surface area (Å²) in [5.74, 6) is 1.25. The predicted octanol–water partition coefficient (Wildman–Crippen LogP) is 2.11. The van der Waals surface area contributed by atoms with Gasteiger partial charge in [-0.25, -0.2) is 0 Å². The van der Waals surface area contributed by atoms with Gasteiger partial charge < -0.3 is 9.80 Å². The Kier molecular flexibility index (Phi) is 5.80. The van der Waals surface area contributed by atoms with Gasteiger partial charge in [-0.05, 0) is 51.0 Å². The van der Waals surface area contributed by atoms with Crippen molar-refractivity contribution < 1.29 is 9.59 Å². The smallest absolute Gasteiger partial charge is 0.222 e. The number of nitrogens with zero attached hydrogens (tertiary/aromatic N) is 3. The van der Waals surface area contributed by atoms with Crippen molar-refractivity contribution in [3.63, 3.8) is 0 Å². The van der Waals surface area contributed by atoms with E-state index >= 15 is 0 Å². The molecule has 0 aromatic carbocycles. The quantitative estimate of drug-likeness (QED) is 0.790. The fraction of sp³-hybridized carbons (Fsp3) is 0.895. The van der Waals surface area contributed by atoms with Gasteiger partial charge in [0, 0.05) is 51.6 Å². The Bertz CT molecular complexity index is 460. The molecular weight excluding hydrogens is 302 g/mol. The highest BCUT2D eigenvalue weighted by atomic mass is 16.2. The Morgan fingerprint density at radius 2 is 1.58 bits per heavy atom. The number of carbonyl (C=O) groups is 2. The van der Waals surface area contributed by atoms with Crippen LogP contribution in [-0.4, -0.2) is 71.3 Å². The minimum atomic E-state index is 0.215. The van der Waals surface area contributed by atoms with E-state index in [9.17, 15) is 9.59 Å². The van der Waals surface area contributed by atoms with Crippen LogP contribution >= 0.6 is 0 Å². The normalized spacial score (nSPS) is 29.4. The number of carbonyl (C=O) groups excluding carboxylic acids is 2. The van der Waals surface area contributed by atoms with Crippen molar-refractivity contribution in [3.8, 4) is 0 Å². The largest absolute Gasteiger partial charge is 0.343 e. The maximum absolute atomic E-state index is 12.2. The van der Waals surface area contributed by atoms with Crippen LogP contribution < -0.4 is 0 Å². The van der Waals surface area contributed by atoms with Crippen molar-refractivity contribution in [3.05, 3.63) is 0 Å². The number of rotatable bonds is 4. The summed E-state index contributed by atoms with van der Waals surface area (Å²) in [5.41, 5.74) is 0. The maximum atomic E-state index is 12.2. The molecular formula is C19H33N3O2. The summed E-state index contributed by atoms with van der Waals surface area (Å²) in [5, 5.41) is 0. The number of likely N-dealkylation sites (tertiary alicyclic amines) is 3. The summed E-state index contributed by atoms with van der Waals surface area (Å²) >= 11 is 0. The van der Waals surface area contributed by atoms with Crippen LogP contribution in [-0.2, 0) is 9.59 Å². The lowest BCUT2D eigenvalue weighted by Gasteiger charge is -2.38. The van der Waals surface area contributed by atoms with Gasteiger partial charge in [-0.2, -0.15) is 0 Å². The zero-order valence-corrected chi connectivity index (χ0v) is 15.4. The first-order valence-electron chi connectivity index (χ1n) is 9.89. The van der Waals surface area contributed by atoms with Gasteiger partial charge in [-0.3, -0.25) is 14.5 Å². The SMILES string of the molecule is CCC(=O)N1CCC[C@@H]1[C@@H]1CCCN1CC1CCN(C(C)=O)CC1. The highest BCUT2D eigenvalue weighted by Crippen LogP contribution is 2.32. The van der Waals surface area contributed by atoms with E-state index in [1.165, 1.54) is 25.8 Å². The summed E-state index contributed by atoms with van der Waals surface area (Å²) in [6, 6.07) is 1.01. The van der Waals surface area contributed by atoms with Gasteiger partial charge in [-0.15, -0.1) is 0 Å². The molecule has 0 unspecified atom stereocenters.